The second kappa shape index (κ2) is 3.90. The summed E-state index contributed by atoms with van der Waals surface area (Å²) in [5.41, 5.74) is 1.09. The van der Waals surface area contributed by atoms with Gasteiger partial charge < -0.3 is 9.88 Å². The van der Waals surface area contributed by atoms with E-state index in [1.54, 1.807) is 11.3 Å². The van der Waals surface area contributed by atoms with Crippen molar-refractivity contribution in [3.05, 3.63) is 28.5 Å². The number of hydrogen-bond acceptors (Lipinski definition) is 4. The minimum absolute atomic E-state index is 0.669. The molecule has 84 valence electrons. The van der Waals surface area contributed by atoms with E-state index in [-0.39, 0.29) is 0 Å². The van der Waals surface area contributed by atoms with Gasteiger partial charge in [0.15, 0.2) is 0 Å². The average Bonchev–Trinajstić information content (AvgIpc) is 2.86. The van der Waals surface area contributed by atoms with Gasteiger partial charge in [-0.1, -0.05) is 0 Å². The average molecular weight is 234 g/mol. The molecule has 1 fully saturated rings. The fourth-order valence-corrected chi connectivity index (χ4v) is 2.37. The van der Waals surface area contributed by atoms with Crippen LogP contribution in [0.25, 0.3) is 0 Å². The zero-order valence-electron chi connectivity index (χ0n) is 9.18. The van der Waals surface area contributed by atoms with Crippen molar-refractivity contribution in [2.24, 2.45) is 0 Å². The number of thiazole rings is 1. The van der Waals surface area contributed by atoms with Crippen molar-refractivity contribution >= 4 is 17.3 Å². The highest BCUT2D eigenvalue weighted by molar-refractivity contribution is 7.09. The van der Waals surface area contributed by atoms with E-state index in [1.807, 2.05) is 19.3 Å². The highest BCUT2D eigenvalue weighted by Gasteiger charge is 2.25. The molecule has 1 aliphatic carbocycles. The molecule has 2 heterocycles. The van der Waals surface area contributed by atoms with E-state index in [2.05, 4.69) is 25.2 Å². The number of nitrogens with one attached hydrogen (secondary N) is 1. The Hall–Kier alpha value is -1.36. The largest absolute Gasteiger partial charge is 0.350 e. The van der Waals surface area contributed by atoms with E-state index >= 15 is 0 Å². The standard InChI is InChI=1S/C11H14N4S/c1-8-14-9(7-16-8)6-13-11-12-4-5-15(11)10-2-3-10/h4-5,7,10H,2-3,6H2,1H3,(H,12,13). The molecule has 0 amide bonds. The molecule has 0 spiro atoms. The Morgan fingerprint density at radius 3 is 3.12 bits per heavy atom. The minimum atomic E-state index is 0.669. The van der Waals surface area contributed by atoms with Gasteiger partial charge in [0.25, 0.3) is 0 Å². The number of rotatable bonds is 4. The normalized spacial score (nSPS) is 15.3. The van der Waals surface area contributed by atoms with Crippen molar-refractivity contribution < 1.29 is 0 Å². The molecule has 1 N–H and O–H groups in total. The first kappa shape index (κ1) is 9.84. The Balaban J connectivity index is 1.67. The van der Waals surface area contributed by atoms with E-state index in [9.17, 15) is 0 Å². The Bertz CT molecular complexity index is 484. The summed E-state index contributed by atoms with van der Waals surface area (Å²) in [7, 11) is 0. The van der Waals surface area contributed by atoms with Crippen LogP contribution in [0.5, 0.6) is 0 Å². The first-order valence-corrected chi connectivity index (χ1v) is 6.38. The number of aryl methyl sites for hydroxylation is 1. The maximum absolute atomic E-state index is 4.42. The zero-order chi connectivity index (χ0) is 11.0. The number of hydrogen-bond donors (Lipinski definition) is 1. The highest BCUT2D eigenvalue weighted by Crippen LogP contribution is 2.36. The Labute approximate surface area is 98.4 Å². The van der Waals surface area contributed by atoms with Gasteiger partial charge in [0, 0.05) is 23.8 Å². The predicted octanol–water partition coefficient (Wildman–Crippen LogP) is 2.60. The SMILES string of the molecule is Cc1nc(CNc2nccn2C2CC2)cs1. The Morgan fingerprint density at radius 1 is 1.56 bits per heavy atom. The molecule has 5 heteroatoms. The van der Waals surface area contributed by atoms with Gasteiger partial charge in [-0.15, -0.1) is 11.3 Å². The molecule has 1 saturated carbocycles. The zero-order valence-corrected chi connectivity index (χ0v) is 10.00. The first-order valence-electron chi connectivity index (χ1n) is 5.50. The van der Waals surface area contributed by atoms with Gasteiger partial charge >= 0.3 is 0 Å². The molecule has 0 aliphatic heterocycles. The third-order valence-electron chi connectivity index (χ3n) is 2.70. The molecule has 0 unspecified atom stereocenters. The van der Waals surface area contributed by atoms with Gasteiger partial charge in [0.05, 0.1) is 17.2 Å². The van der Waals surface area contributed by atoms with Gasteiger partial charge in [0.2, 0.25) is 5.95 Å². The maximum Gasteiger partial charge on any atom is 0.203 e. The van der Waals surface area contributed by atoms with E-state index in [1.165, 1.54) is 12.8 Å². The first-order chi connectivity index (χ1) is 7.83. The highest BCUT2D eigenvalue weighted by atomic mass is 32.1. The molecular weight excluding hydrogens is 220 g/mol. The van der Waals surface area contributed by atoms with Crippen LogP contribution in [-0.2, 0) is 6.54 Å². The third kappa shape index (κ3) is 1.95. The lowest BCUT2D eigenvalue weighted by Crippen LogP contribution is -2.06. The molecule has 0 saturated heterocycles. The molecule has 3 rings (SSSR count). The lowest BCUT2D eigenvalue weighted by atomic mass is 10.5. The number of anilines is 1. The molecule has 2 aromatic heterocycles. The maximum atomic E-state index is 4.42. The van der Waals surface area contributed by atoms with Crippen molar-refractivity contribution in [2.75, 3.05) is 5.32 Å². The summed E-state index contributed by atoms with van der Waals surface area (Å²) in [6.45, 7) is 2.79. The molecule has 0 radical (unpaired) electrons. The summed E-state index contributed by atoms with van der Waals surface area (Å²) in [4.78, 5) is 8.75. The second-order valence-electron chi connectivity index (χ2n) is 4.10. The molecule has 0 atom stereocenters. The van der Waals surface area contributed by atoms with Crippen LogP contribution in [0.15, 0.2) is 17.8 Å². The summed E-state index contributed by atoms with van der Waals surface area (Å²) >= 11 is 1.69. The van der Waals surface area contributed by atoms with Crippen LogP contribution in [0.3, 0.4) is 0 Å². The van der Waals surface area contributed by atoms with Crippen LogP contribution in [-0.4, -0.2) is 14.5 Å². The van der Waals surface area contributed by atoms with Gasteiger partial charge in [0.1, 0.15) is 0 Å². The van der Waals surface area contributed by atoms with Gasteiger partial charge in [-0.25, -0.2) is 9.97 Å². The van der Waals surface area contributed by atoms with Crippen molar-refractivity contribution in [3.8, 4) is 0 Å². The van der Waals surface area contributed by atoms with Crippen LogP contribution in [0, 0.1) is 6.92 Å². The fourth-order valence-electron chi connectivity index (χ4n) is 1.76. The van der Waals surface area contributed by atoms with Crippen LogP contribution in [0.2, 0.25) is 0 Å². The second-order valence-corrected chi connectivity index (χ2v) is 5.16. The molecule has 0 bridgehead atoms. The van der Waals surface area contributed by atoms with Crippen molar-refractivity contribution in [1.82, 2.24) is 14.5 Å². The summed E-state index contributed by atoms with van der Waals surface area (Å²) in [6.07, 6.45) is 6.46. The number of nitrogens with zero attached hydrogens (tertiary/aromatic N) is 3. The van der Waals surface area contributed by atoms with Crippen LogP contribution < -0.4 is 5.32 Å². The third-order valence-corrected chi connectivity index (χ3v) is 3.53. The molecule has 4 nitrogen and oxygen atoms in total. The quantitative estimate of drug-likeness (QED) is 0.884. The van der Waals surface area contributed by atoms with Crippen molar-refractivity contribution in [3.63, 3.8) is 0 Å². The monoisotopic (exact) mass is 234 g/mol. The van der Waals surface area contributed by atoms with Crippen LogP contribution in [0.4, 0.5) is 5.95 Å². The minimum Gasteiger partial charge on any atom is -0.350 e. The molecular formula is C11H14N4S. The summed E-state index contributed by atoms with van der Waals surface area (Å²) in [6, 6.07) is 0.669. The van der Waals surface area contributed by atoms with Gasteiger partial charge in [-0.2, -0.15) is 0 Å². The molecule has 2 aromatic rings. The van der Waals surface area contributed by atoms with Crippen LogP contribution >= 0.6 is 11.3 Å². The number of imidazole rings is 1. The van der Waals surface area contributed by atoms with Gasteiger partial charge in [-0.05, 0) is 19.8 Å². The topological polar surface area (TPSA) is 42.7 Å². The fraction of sp³-hybridized carbons (Fsp3) is 0.455. The Kier molecular flexibility index (Phi) is 2.40. The van der Waals surface area contributed by atoms with E-state index in [0.29, 0.717) is 6.04 Å². The summed E-state index contributed by atoms with van der Waals surface area (Å²) < 4.78 is 2.22. The van der Waals surface area contributed by atoms with Crippen LogP contribution in [0.1, 0.15) is 29.6 Å². The lowest BCUT2D eigenvalue weighted by molar-refractivity contribution is 0.742. The summed E-state index contributed by atoms with van der Waals surface area (Å²) in [5.74, 6) is 0.966. The molecule has 16 heavy (non-hydrogen) atoms. The summed E-state index contributed by atoms with van der Waals surface area (Å²) in [5, 5.41) is 6.54. The smallest absolute Gasteiger partial charge is 0.203 e. The van der Waals surface area contributed by atoms with Crippen molar-refractivity contribution in [2.45, 2.75) is 32.4 Å². The molecule has 0 aromatic carbocycles. The van der Waals surface area contributed by atoms with E-state index in [0.717, 1.165) is 23.2 Å². The predicted molar refractivity (Wildman–Crippen MR) is 64.7 cm³/mol. The van der Waals surface area contributed by atoms with E-state index < -0.39 is 0 Å². The number of aromatic nitrogens is 3. The lowest BCUT2D eigenvalue weighted by Gasteiger charge is -2.07. The van der Waals surface area contributed by atoms with E-state index in [4.69, 9.17) is 0 Å². The van der Waals surface area contributed by atoms with Crippen molar-refractivity contribution in [1.29, 1.82) is 0 Å². The molecule has 1 aliphatic rings. The Morgan fingerprint density at radius 2 is 2.44 bits per heavy atom. The van der Waals surface area contributed by atoms with Gasteiger partial charge in [-0.3, -0.25) is 0 Å².